The molecule has 1 nitrogen and oxygen atoms in total. The molecule has 0 saturated carbocycles. The fraction of sp³-hybridized carbons (Fsp3) is 0.143. The van der Waals surface area contributed by atoms with Gasteiger partial charge in [0.25, 0.3) is 0 Å². The van der Waals surface area contributed by atoms with E-state index >= 15 is 0 Å². The van der Waals surface area contributed by atoms with E-state index in [1.807, 2.05) is 0 Å². The molecule has 0 aromatic heterocycles. The normalized spacial score (nSPS) is 8.64. The Morgan fingerprint density at radius 1 is 1.27 bits per heavy atom. The summed E-state index contributed by atoms with van der Waals surface area (Å²) in [6.45, 7) is 0. The van der Waals surface area contributed by atoms with E-state index in [0.29, 0.717) is 5.69 Å². The predicted molar refractivity (Wildman–Crippen MR) is 35.9 cm³/mol. The van der Waals surface area contributed by atoms with Gasteiger partial charge in [-0.15, -0.1) is 0 Å². The van der Waals surface area contributed by atoms with Crippen LogP contribution in [0.2, 0.25) is 0 Å². The van der Waals surface area contributed by atoms with Crippen molar-refractivity contribution in [3.05, 3.63) is 29.8 Å². The van der Waals surface area contributed by atoms with Crippen LogP contribution in [0.4, 0.5) is 14.5 Å². The van der Waals surface area contributed by atoms with Gasteiger partial charge >= 0.3 is 0 Å². The topological polar surface area (TPSA) is 12.0 Å². The van der Waals surface area contributed by atoms with Gasteiger partial charge in [0.2, 0.25) is 0 Å². The van der Waals surface area contributed by atoms with Crippen LogP contribution in [0.15, 0.2) is 18.2 Å². The van der Waals surface area contributed by atoms with Gasteiger partial charge in [-0.05, 0) is 12.1 Å². The van der Waals surface area contributed by atoms with Crippen molar-refractivity contribution in [1.29, 1.82) is 0 Å². The Morgan fingerprint density at radius 3 is 2.36 bits per heavy atom. The first-order valence-corrected chi connectivity index (χ1v) is 2.87. The molecule has 11 heavy (non-hydrogen) atoms. The van der Waals surface area contributed by atoms with Crippen LogP contribution in [-0.4, -0.2) is 7.05 Å². The molecule has 4 heteroatoms. The zero-order valence-corrected chi connectivity index (χ0v) is 7.55. The number of hydrogen-bond donors (Lipinski definition) is 1. The fourth-order valence-corrected chi connectivity index (χ4v) is 0.692. The third-order valence-corrected chi connectivity index (χ3v) is 1.20. The molecule has 1 aromatic carbocycles. The molecule has 0 unspecified atom stereocenters. The summed E-state index contributed by atoms with van der Waals surface area (Å²) in [6, 6.07) is 3.39. The largest absolute Gasteiger partial charge is 0.386 e. The molecule has 0 amide bonds. The fourth-order valence-electron chi connectivity index (χ4n) is 0.692. The van der Waals surface area contributed by atoms with E-state index in [0.717, 1.165) is 6.07 Å². The summed E-state index contributed by atoms with van der Waals surface area (Å²) >= 11 is 0. The first kappa shape index (κ1) is 10.6. The number of halogens is 2. The SMILES string of the molecule is CNc1ccc(F)cc1F.[Ti]. The van der Waals surface area contributed by atoms with Gasteiger partial charge in [0.1, 0.15) is 11.6 Å². The van der Waals surface area contributed by atoms with E-state index in [4.69, 9.17) is 0 Å². The van der Waals surface area contributed by atoms with Crippen molar-refractivity contribution < 1.29 is 30.5 Å². The van der Waals surface area contributed by atoms with E-state index in [9.17, 15) is 8.78 Å². The first-order chi connectivity index (χ1) is 4.74. The summed E-state index contributed by atoms with van der Waals surface area (Å²) in [7, 11) is 1.58. The standard InChI is InChI=1S/C7H7F2N.Ti/c1-10-7-3-2-5(8)4-6(7)9;/h2-4,10H,1H3;. The van der Waals surface area contributed by atoms with E-state index < -0.39 is 11.6 Å². The zero-order chi connectivity index (χ0) is 7.56. The smallest absolute Gasteiger partial charge is 0.149 e. The Kier molecular flexibility index (Phi) is 4.30. The number of nitrogens with one attached hydrogen (secondary N) is 1. The molecule has 1 aromatic rings. The van der Waals surface area contributed by atoms with E-state index in [2.05, 4.69) is 5.32 Å². The molecular weight excluding hydrogens is 184 g/mol. The average molecular weight is 191 g/mol. The van der Waals surface area contributed by atoms with Crippen LogP contribution in [0.3, 0.4) is 0 Å². The van der Waals surface area contributed by atoms with Gasteiger partial charge in [-0.2, -0.15) is 0 Å². The van der Waals surface area contributed by atoms with Gasteiger partial charge in [0.15, 0.2) is 0 Å². The van der Waals surface area contributed by atoms with Crippen LogP contribution < -0.4 is 5.32 Å². The van der Waals surface area contributed by atoms with Gasteiger partial charge in [-0.3, -0.25) is 0 Å². The van der Waals surface area contributed by atoms with E-state index in [1.165, 1.54) is 12.1 Å². The predicted octanol–water partition coefficient (Wildman–Crippen LogP) is 2.00. The van der Waals surface area contributed by atoms with Crippen molar-refractivity contribution in [2.75, 3.05) is 12.4 Å². The summed E-state index contributed by atoms with van der Waals surface area (Å²) in [4.78, 5) is 0. The van der Waals surface area contributed by atoms with Crippen LogP contribution in [-0.2, 0) is 21.7 Å². The number of rotatable bonds is 1. The van der Waals surface area contributed by atoms with Gasteiger partial charge in [0, 0.05) is 34.8 Å². The summed E-state index contributed by atoms with van der Waals surface area (Å²) in [5.41, 5.74) is 0.307. The summed E-state index contributed by atoms with van der Waals surface area (Å²) in [6.07, 6.45) is 0. The monoisotopic (exact) mass is 191 g/mol. The summed E-state index contributed by atoms with van der Waals surface area (Å²) < 4.78 is 24.8. The third-order valence-electron chi connectivity index (χ3n) is 1.20. The molecule has 0 fully saturated rings. The zero-order valence-electron chi connectivity index (χ0n) is 5.99. The van der Waals surface area contributed by atoms with Crippen molar-refractivity contribution in [2.45, 2.75) is 0 Å². The molecule has 0 atom stereocenters. The maximum atomic E-state index is 12.5. The van der Waals surface area contributed by atoms with Gasteiger partial charge in [0.05, 0.1) is 5.69 Å². The van der Waals surface area contributed by atoms with Crippen molar-refractivity contribution in [1.82, 2.24) is 0 Å². The molecule has 1 N–H and O–H groups in total. The second-order valence-electron chi connectivity index (χ2n) is 1.87. The Hall–Kier alpha value is -0.406. The molecule has 0 aliphatic rings. The Balaban J connectivity index is 0.000001000. The molecule has 0 aliphatic heterocycles. The van der Waals surface area contributed by atoms with E-state index in [-0.39, 0.29) is 21.7 Å². The maximum Gasteiger partial charge on any atom is 0.149 e. The number of hydrogen-bond acceptors (Lipinski definition) is 1. The molecule has 1 rings (SSSR count). The summed E-state index contributed by atoms with van der Waals surface area (Å²) in [5.74, 6) is -1.13. The quantitative estimate of drug-likeness (QED) is 0.669. The second kappa shape index (κ2) is 4.47. The molecule has 0 saturated heterocycles. The Bertz CT molecular complexity index is 240. The Morgan fingerprint density at radius 2 is 1.91 bits per heavy atom. The minimum Gasteiger partial charge on any atom is -0.386 e. The molecular formula is C7H7F2NTi. The molecule has 0 aliphatic carbocycles. The molecule has 0 bridgehead atoms. The van der Waals surface area contributed by atoms with Gasteiger partial charge in [-0.1, -0.05) is 0 Å². The Labute approximate surface area is 78.7 Å². The molecule has 58 valence electrons. The van der Waals surface area contributed by atoms with Crippen LogP contribution in [0.5, 0.6) is 0 Å². The molecule has 0 heterocycles. The van der Waals surface area contributed by atoms with Crippen LogP contribution in [0, 0.1) is 11.6 Å². The summed E-state index contributed by atoms with van der Waals surface area (Å²) in [5, 5.41) is 2.58. The van der Waals surface area contributed by atoms with Crippen molar-refractivity contribution in [3.63, 3.8) is 0 Å². The molecule has 0 radical (unpaired) electrons. The average Bonchev–Trinajstić information content (AvgIpc) is 1.88. The van der Waals surface area contributed by atoms with Gasteiger partial charge < -0.3 is 5.32 Å². The number of benzene rings is 1. The minimum atomic E-state index is -0.567. The first-order valence-electron chi connectivity index (χ1n) is 2.87. The van der Waals surface area contributed by atoms with Gasteiger partial charge in [-0.25, -0.2) is 8.78 Å². The number of anilines is 1. The van der Waals surface area contributed by atoms with Crippen LogP contribution in [0.1, 0.15) is 0 Å². The van der Waals surface area contributed by atoms with Crippen LogP contribution in [0.25, 0.3) is 0 Å². The minimum absolute atomic E-state index is 0. The van der Waals surface area contributed by atoms with Crippen molar-refractivity contribution >= 4 is 5.69 Å². The van der Waals surface area contributed by atoms with Crippen LogP contribution >= 0.6 is 0 Å². The maximum absolute atomic E-state index is 12.5. The van der Waals surface area contributed by atoms with E-state index in [1.54, 1.807) is 7.05 Å². The van der Waals surface area contributed by atoms with Crippen molar-refractivity contribution in [2.24, 2.45) is 0 Å². The van der Waals surface area contributed by atoms with Crippen molar-refractivity contribution in [3.8, 4) is 0 Å². The second-order valence-corrected chi connectivity index (χ2v) is 1.87. The third kappa shape index (κ3) is 2.60. The molecule has 0 spiro atoms.